The molecular formula is C32H37N5O. The van der Waals surface area contributed by atoms with E-state index in [0.717, 1.165) is 61.5 Å². The number of aromatic nitrogens is 2. The van der Waals surface area contributed by atoms with Crippen molar-refractivity contribution in [3.8, 4) is 17.3 Å². The quantitative estimate of drug-likeness (QED) is 0.470. The number of nitrogens with zero attached hydrogens (tertiary/aromatic N) is 4. The van der Waals surface area contributed by atoms with Crippen molar-refractivity contribution >= 4 is 5.91 Å². The van der Waals surface area contributed by atoms with Gasteiger partial charge in [-0.2, -0.15) is 5.26 Å². The third kappa shape index (κ3) is 4.43. The van der Waals surface area contributed by atoms with Crippen LogP contribution < -0.4 is 5.32 Å². The van der Waals surface area contributed by atoms with E-state index in [0.29, 0.717) is 17.4 Å². The average molecular weight is 508 g/mol. The molecule has 6 rings (SSSR count). The van der Waals surface area contributed by atoms with Crippen LogP contribution in [0.1, 0.15) is 97.6 Å². The summed E-state index contributed by atoms with van der Waals surface area (Å²) in [5.41, 5.74) is 5.16. The van der Waals surface area contributed by atoms with Crippen LogP contribution >= 0.6 is 0 Å². The highest BCUT2D eigenvalue weighted by molar-refractivity contribution is 5.94. The van der Waals surface area contributed by atoms with Gasteiger partial charge in [-0.05, 0) is 81.0 Å². The van der Waals surface area contributed by atoms with E-state index in [2.05, 4.69) is 41.9 Å². The second-order valence-electron chi connectivity index (χ2n) is 11.6. The maximum absolute atomic E-state index is 13.3. The van der Waals surface area contributed by atoms with E-state index in [4.69, 9.17) is 4.98 Å². The van der Waals surface area contributed by atoms with Gasteiger partial charge in [0.2, 0.25) is 0 Å². The zero-order valence-electron chi connectivity index (χ0n) is 22.5. The first-order valence-corrected chi connectivity index (χ1v) is 14.2. The standard InChI is InChI=1S/C32H37N5O/c1-22-19-28(23(2)37-29(21-34-30(22)37)26-7-5-24(20-33)6-8-26)25-9-11-27(12-10-25)31(38)36-17-14-32(15-18-36)13-3-4-16-35-32/h5-12,21-23,28,35H,3-4,13-19H2,1-2H3. The Balaban J connectivity index is 1.18. The van der Waals surface area contributed by atoms with Crippen molar-refractivity contribution in [1.29, 1.82) is 5.26 Å². The molecule has 4 heterocycles. The second-order valence-corrected chi connectivity index (χ2v) is 11.6. The fourth-order valence-electron chi connectivity index (χ4n) is 7.03. The number of likely N-dealkylation sites (tertiary alicyclic amines) is 1. The normalized spacial score (nSPS) is 24.6. The van der Waals surface area contributed by atoms with Crippen LogP contribution in [0.2, 0.25) is 0 Å². The highest BCUT2D eigenvalue weighted by atomic mass is 16.2. The van der Waals surface area contributed by atoms with Crippen molar-refractivity contribution in [3.63, 3.8) is 0 Å². The highest BCUT2D eigenvalue weighted by Gasteiger charge is 2.37. The minimum Gasteiger partial charge on any atom is -0.339 e. The van der Waals surface area contributed by atoms with E-state index in [1.54, 1.807) is 0 Å². The largest absolute Gasteiger partial charge is 0.339 e. The lowest BCUT2D eigenvalue weighted by molar-refractivity contribution is 0.0608. The number of nitrogens with one attached hydrogen (secondary N) is 1. The highest BCUT2D eigenvalue weighted by Crippen LogP contribution is 2.45. The molecule has 1 aromatic heterocycles. The summed E-state index contributed by atoms with van der Waals surface area (Å²) in [6.45, 7) is 7.32. The molecule has 2 aromatic carbocycles. The van der Waals surface area contributed by atoms with E-state index in [1.807, 2.05) is 47.5 Å². The molecular weight excluding hydrogens is 470 g/mol. The number of carbonyl (C=O) groups excluding carboxylic acids is 1. The van der Waals surface area contributed by atoms with Gasteiger partial charge in [-0.25, -0.2) is 4.98 Å². The number of imidazole rings is 1. The Morgan fingerprint density at radius 1 is 1.03 bits per heavy atom. The van der Waals surface area contributed by atoms with Gasteiger partial charge >= 0.3 is 0 Å². The van der Waals surface area contributed by atoms with Crippen LogP contribution in [0.4, 0.5) is 0 Å². The molecule has 0 radical (unpaired) electrons. The molecule has 3 aliphatic rings. The Bertz CT molecular complexity index is 1330. The summed E-state index contributed by atoms with van der Waals surface area (Å²) in [6, 6.07) is 18.6. The van der Waals surface area contributed by atoms with E-state index in [-0.39, 0.29) is 17.5 Å². The van der Waals surface area contributed by atoms with Gasteiger partial charge in [-0.15, -0.1) is 0 Å². The van der Waals surface area contributed by atoms with Crippen molar-refractivity contribution in [2.45, 2.75) is 75.8 Å². The minimum atomic E-state index is 0.160. The Kier molecular flexibility index (Phi) is 6.57. The summed E-state index contributed by atoms with van der Waals surface area (Å²) in [5.74, 6) is 1.95. The lowest BCUT2D eigenvalue weighted by Gasteiger charge is -2.45. The summed E-state index contributed by atoms with van der Waals surface area (Å²) in [4.78, 5) is 20.2. The van der Waals surface area contributed by atoms with Crippen LogP contribution in [0, 0.1) is 11.3 Å². The summed E-state index contributed by atoms with van der Waals surface area (Å²) < 4.78 is 2.38. The maximum atomic E-state index is 13.3. The predicted molar refractivity (Wildman–Crippen MR) is 149 cm³/mol. The molecule has 3 atom stereocenters. The fraction of sp³-hybridized carbons (Fsp3) is 0.469. The van der Waals surface area contributed by atoms with Crippen LogP contribution in [-0.2, 0) is 0 Å². The Morgan fingerprint density at radius 3 is 2.42 bits per heavy atom. The summed E-state index contributed by atoms with van der Waals surface area (Å²) in [5, 5.41) is 12.9. The van der Waals surface area contributed by atoms with Crippen molar-refractivity contribution < 1.29 is 4.79 Å². The monoisotopic (exact) mass is 507 g/mol. The number of piperidine rings is 2. The van der Waals surface area contributed by atoms with E-state index < -0.39 is 0 Å². The first-order valence-electron chi connectivity index (χ1n) is 14.2. The van der Waals surface area contributed by atoms with Gasteiger partial charge in [0.25, 0.3) is 5.91 Å². The molecule has 1 spiro atoms. The second kappa shape index (κ2) is 10.0. The molecule has 3 aliphatic heterocycles. The van der Waals surface area contributed by atoms with Gasteiger partial charge in [0.05, 0.1) is 23.5 Å². The van der Waals surface area contributed by atoms with E-state index >= 15 is 0 Å². The first kappa shape index (κ1) is 24.9. The first-order chi connectivity index (χ1) is 18.5. The molecule has 6 heteroatoms. The number of rotatable bonds is 3. The Hall–Kier alpha value is -3.43. The zero-order chi connectivity index (χ0) is 26.3. The lowest BCUT2D eigenvalue weighted by atomic mass is 9.80. The van der Waals surface area contributed by atoms with Crippen LogP contribution in [0.5, 0.6) is 0 Å². The molecule has 1 amide bonds. The van der Waals surface area contributed by atoms with Gasteiger partial charge in [0.1, 0.15) is 5.82 Å². The van der Waals surface area contributed by atoms with Crippen molar-refractivity contribution in [1.82, 2.24) is 19.8 Å². The fourth-order valence-corrected chi connectivity index (χ4v) is 7.03. The summed E-state index contributed by atoms with van der Waals surface area (Å²) in [7, 11) is 0. The van der Waals surface area contributed by atoms with E-state index in [9.17, 15) is 10.1 Å². The van der Waals surface area contributed by atoms with Crippen LogP contribution in [-0.4, -0.2) is 45.5 Å². The van der Waals surface area contributed by atoms with Crippen molar-refractivity contribution in [2.75, 3.05) is 19.6 Å². The van der Waals surface area contributed by atoms with Crippen molar-refractivity contribution in [3.05, 3.63) is 77.2 Å². The molecule has 6 nitrogen and oxygen atoms in total. The predicted octanol–water partition coefficient (Wildman–Crippen LogP) is 6.02. The number of carbonyl (C=O) groups is 1. The smallest absolute Gasteiger partial charge is 0.253 e. The van der Waals surface area contributed by atoms with E-state index in [1.165, 1.54) is 24.8 Å². The number of hydrogen-bond acceptors (Lipinski definition) is 4. The molecule has 0 aliphatic carbocycles. The number of benzene rings is 2. The molecule has 38 heavy (non-hydrogen) atoms. The Morgan fingerprint density at radius 2 is 1.76 bits per heavy atom. The van der Waals surface area contributed by atoms with Gasteiger partial charge in [0, 0.05) is 42.1 Å². The van der Waals surface area contributed by atoms with Gasteiger partial charge in [-0.3, -0.25) is 4.79 Å². The lowest BCUT2D eigenvalue weighted by Crippen LogP contribution is -2.56. The summed E-state index contributed by atoms with van der Waals surface area (Å²) in [6.07, 6.45) is 8.93. The van der Waals surface area contributed by atoms with Crippen molar-refractivity contribution in [2.24, 2.45) is 0 Å². The summed E-state index contributed by atoms with van der Waals surface area (Å²) >= 11 is 0. The molecule has 2 saturated heterocycles. The third-order valence-corrected chi connectivity index (χ3v) is 9.35. The third-order valence-electron chi connectivity index (χ3n) is 9.35. The topological polar surface area (TPSA) is 74.0 Å². The molecule has 3 aromatic rings. The number of amides is 1. The number of nitriles is 1. The van der Waals surface area contributed by atoms with Gasteiger partial charge < -0.3 is 14.8 Å². The van der Waals surface area contributed by atoms with Gasteiger partial charge in [0.15, 0.2) is 0 Å². The molecule has 2 fully saturated rings. The molecule has 196 valence electrons. The molecule has 1 N–H and O–H groups in total. The SMILES string of the molecule is CC1CC(c2ccc(C(=O)N3CCC4(CCCCN4)CC3)cc2)C(C)n2c(-c3ccc(C#N)cc3)cnc21. The maximum Gasteiger partial charge on any atom is 0.253 e. The van der Waals surface area contributed by atoms with Gasteiger partial charge in [-0.1, -0.05) is 37.6 Å². The minimum absolute atomic E-state index is 0.160. The average Bonchev–Trinajstić information content (AvgIpc) is 3.42. The number of fused-ring (bicyclic) bond motifs is 1. The number of hydrogen-bond donors (Lipinski definition) is 1. The van der Waals surface area contributed by atoms with Crippen LogP contribution in [0.3, 0.4) is 0 Å². The molecule has 0 bridgehead atoms. The van der Waals surface area contributed by atoms with Crippen LogP contribution in [0.25, 0.3) is 11.3 Å². The Labute approximate surface area is 225 Å². The zero-order valence-corrected chi connectivity index (χ0v) is 22.5. The molecule has 3 unspecified atom stereocenters. The van der Waals surface area contributed by atoms with Crippen LogP contribution in [0.15, 0.2) is 54.7 Å². The molecule has 0 saturated carbocycles.